The lowest BCUT2D eigenvalue weighted by atomic mass is 9.99. The van der Waals surface area contributed by atoms with Crippen molar-refractivity contribution in [3.8, 4) is 0 Å². The van der Waals surface area contributed by atoms with E-state index in [0.29, 0.717) is 32.5 Å². The van der Waals surface area contributed by atoms with Crippen LogP contribution in [0.15, 0.2) is 12.4 Å². The predicted octanol–water partition coefficient (Wildman–Crippen LogP) is 0.458. The van der Waals surface area contributed by atoms with Gasteiger partial charge in [-0.15, -0.1) is 0 Å². The van der Waals surface area contributed by atoms with Crippen LogP contribution in [0.25, 0.3) is 0 Å². The van der Waals surface area contributed by atoms with Crippen molar-refractivity contribution in [2.24, 2.45) is 5.92 Å². The summed E-state index contributed by atoms with van der Waals surface area (Å²) in [6.45, 7) is 1.40. The number of rotatable bonds is 4. The maximum Gasteiger partial charge on any atom is 0.317 e. The minimum absolute atomic E-state index is 0.197. The number of carbonyl (C=O) groups excluding carboxylic acids is 1. The number of carboxylic acids is 1. The van der Waals surface area contributed by atoms with E-state index < -0.39 is 11.9 Å². The summed E-state index contributed by atoms with van der Waals surface area (Å²) >= 11 is 0. The molecule has 0 radical (unpaired) electrons. The van der Waals surface area contributed by atoms with Gasteiger partial charge in [-0.2, -0.15) is 0 Å². The number of aromatic amines is 1. The third-order valence-corrected chi connectivity index (χ3v) is 3.25. The van der Waals surface area contributed by atoms with Gasteiger partial charge in [-0.05, 0) is 12.8 Å². The van der Waals surface area contributed by atoms with Gasteiger partial charge < -0.3 is 20.3 Å². The Balaban J connectivity index is 1.74. The van der Waals surface area contributed by atoms with Gasteiger partial charge in [-0.1, -0.05) is 0 Å². The first kappa shape index (κ1) is 13.4. The van der Waals surface area contributed by atoms with E-state index in [4.69, 9.17) is 5.11 Å². The zero-order chi connectivity index (χ0) is 13.7. The van der Waals surface area contributed by atoms with Crippen molar-refractivity contribution in [1.82, 2.24) is 20.2 Å². The highest BCUT2D eigenvalue weighted by Crippen LogP contribution is 2.16. The number of carbonyl (C=O) groups is 2. The fourth-order valence-electron chi connectivity index (χ4n) is 2.20. The van der Waals surface area contributed by atoms with E-state index in [9.17, 15) is 9.59 Å². The summed E-state index contributed by atoms with van der Waals surface area (Å²) in [5.41, 5.74) is 0. The number of nitrogens with one attached hydrogen (secondary N) is 2. The molecule has 1 atom stereocenters. The number of likely N-dealkylation sites (tertiary alicyclic amines) is 1. The number of carboxylic acid groups (broad SMARTS) is 1. The van der Waals surface area contributed by atoms with Gasteiger partial charge in [0.25, 0.3) is 0 Å². The molecule has 19 heavy (non-hydrogen) atoms. The van der Waals surface area contributed by atoms with Crippen LogP contribution in [0.5, 0.6) is 0 Å². The Morgan fingerprint density at radius 1 is 1.58 bits per heavy atom. The third kappa shape index (κ3) is 3.70. The number of hydrogen-bond acceptors (Lipinski definition) is 3. The van der Waals surface area contributed by atoms with Gasteiger partial charge in [0, 0.05) is 38.4 Å². The summed E-state index contributed by atoms with van der Waals surface area (Å²) in [6.07, 6.45) is 5.42. The van der Waals surface area contributed by atoms with E-state index in [0.717, 1.165) is 12.2 Å². The molecule has 1 aliphatic heterocycles. The van der Waals surface area contributed by atoms with Crippen LogP contribution in [0.3, 0.4) is 0 Å². The molecule has 3 N–H and O–H groups in total. The van der Waals surface area contributed by atoms with Crippen molar-refractivity contribution >= 4 is 12.0 Å². The van der Waals surface area contributed by atoms with E-state index >= 15 is 0 Å². The fourth-order valence-corrected chi connectivity index (χ4v) is 2.20. The Hall–Kier alpha value is -2.05. The van der Waals surface area contributed by atoms with Gasteiger partial charge in [-0.25, -0.2) is 9.78 Å². The van der Waals surface area contributed by atoms with Crippen LogP contribution >= 0.6 is 0 Å². The number of H-pyrrole nitrogens is 1. The lowest BCUT2D eigenvalue weighted by Crippen LogP contribution is -2.47. The van der Waals surface area contributed by atoms with Crippen molar-refractivity contribution < 1.29 is 14.7 Å². The molecule has 0 saturated carbocycles. The highest BCUT2D eigenvalue weighted by atomic mass is 16.4. The Morgan fingerprint density at radius 3 is 3.11 bits per heavy atom. The third-order valence-electron chi connectivity index (χ3n) is 3.25. The van der Waals surface area contributed by atoms with Gasteiger partial charge in [0.15, 0.2) is 0 Å². The topological polar surface area (TPSA) is 98.3 Å². The van der Waals surface area contributed by atoms with Crippen molar-refractivity contribution in [1.29, 1.82) is 0 Å². The number of hydrogen-bond donors (Lipinski definition) is 3. The molecule has 2 amide bonds. The molecule has 0 unspecified atom stereocenters. The number of aliphatic carboxylic acids is 1. The molecule has 1 aliphatic rings. The smallest absolute Gasteiger partial charge is 0.317 e. The number of aromatic nitrogens is 2. The van der Waals surface area contributed by atoms with E-state index in [1.165, 1.54) is 0 Å². The molecule has 0 spiro atoms. The first-order valence-corrected chi connectivity index (χ1v) is 6.40. The van der Waals surface area contributed by atoms with Gasteiger partial charge >= 0.3 is 12.0 Å². The molecule has 2 rings (SSSR count). The molecule has 2 heterocycles. The summed E-state index contributed by atoms with van der Waals surface area (Å²) in [7, 11) is 0. The predicted molar refractivity (Wildman–Crippen MR) is 67.6 cm³/mol. The minimum Gasteiger partial charge on any atom is -0.481 e. The van der Waals surface area contributed by atoms with Crippen molar-refractivity contribution in [3.63, 3.8) is 0 Å². The Kier molecular flexibility index (Phi) is 4.38. The summed E-state index contributed by atoms with van der Waals surface area (Å²) in [5.74, 6) is -0.444. The summed E-state index contributed by atoms with van der Waals surface area (Å²) in [5, 5.41) is 11.8. The number of amides is 2. The SMILES string of the molecule is O=C(O)[C@H]1CCCN(C(=O)NCCc2ncc[nH]2)C1. The van der Waals surface area contributed by atoms with E-state index in [-0.39, 0.29) is 6.03 Å². The lowest BCUT2D eigenvalue weighted by Gasteiger charge is -2.30. The zero-order valence-electron chi connectivity index (χ0n) is 10.6. The van der Waals surface area contributed by atoms with Crippen molar-refractivity contribution in [3.05, 3.63) is 18.2 Å². The molecule has 0 aromatic carbocycles. The standard InChI is InChI=1S/C12H18N4O3/c17-11(18)9-2-1-7-16(8-9)12(19)15-4-3-10-13-5-6-14-10/h5-6,9H,1-4,7-8H2,(H,13,14)(H,15,19)(H,17,18)/t9-/m0/s1. The maximum absolute atomic E-state index is 11.9. The largest absolute Gasteiger partial charge is 0.481 e. The Labute approximate surface area is 111 Å². The van der Waals surface area contributed by atoms with Crippen LogP contribution < -0.4 is 5.32 Å². The second-order valence-corrected chi connectivity index (χ2v) is 4.64. The number of urea groups is 1. The van der Waals surface area contributed by atoms with Crippen LogP contribution in [-0.4, -0.2) is 51.6 Å². The molecule has 0 bridgehead atoms. The summed E-state index contributed by atoms with van der Waals surface area (Å²) < 4.78 is 0. The average molecular weight is 266 g/mol. The van der Waals surface area contributed by atoms with Crippen LogP contribution in [0.4, 0.5) is 4.79 Å². The molecule has 1 saturated heterocycles. The van der Waals surface area contributed by atoms with Crippen LogP contribution in [0.1, 0.15) is 18.7 Å². The van der Waals surface area contributed by atoms with Gasteiger partial charge in [0.05, 0.1) is 5.92 Å². The number of imidazole rings is 1. The second kappa shape index (κ2) is 6.21. The zero-order valence-corrected chi connectivity index (χ0v) is 10.6. The van der Waals surface area contributed by atoms with Gasteiger partial charge in [-0.3, -0.25) is 4.79 Å². The quantitative estimate of drug-likeness (QED) is 0.737. The second-order valence-electron chi connectivity index (χ2n) is 4.64. The summed E-state index contributed by atoms with van der Waals surface area (Å²) in [4.78, 5) is 31.4. The van der Waals surface area contributed by atoms with Crippen LogP contribution in [0.2, 0.25) is 0 Å². The average Bonchev–Trinajstić information content (AvgIpc) is 2.92. The highest BCUT2D eigenvalue weighted by molar-refractivity contribution is 5.76. The molecule has 0 aliphatic carbocycles. The lowest BCUT2D eigenvalue weighted by molar-refractivity contribution is -0.143. The van der Waals surface area contributed by atoms with Crippen LogP contribution in [-0.2, 0) is 11.2 Å². The Morgan fingerprint density at radius 2 is 2.42 bits per heavy atom. The molecule has 104 valence electrons. The minimum atomic E-state index is -0.826. The number of piperidine rings is 1. The first-order chi connectivity index (χ1) is 9.16. The van der Waals surface area contributed by atoms with Crippen LogP contribution in [0, 0.1) is 5.92 Å². The molecular formula is C12H18N4O3. The number of nitrogens with zero attached hydrogens (tertiary/aromatic N) is 2. The van der Waals surface area contributed by atoms with Crippen molar-refractivity contribution in [2.75, 3.05) is 19.6 Å². The van der Waals surface area contributed by atoms with Crippen molar-refractivity contribution in [2.45, 2.75) is 19.3 Å². The molecule has 1 aromatic rings. The molecule has 7 nitrogen and oxygen atoms in total. The van der Waals surface area contributed by atoms with E-state index in [2.05, 4.69) is 15.3 Å². The first-order valence-electron chi connectivity index (χ1n) is 6.40. The van der Waals surface area contributed by atoms with Gasteiger partial charge in [0.2, 0.25) is 0 Å². The molecule has 7 heteroatoms. The fraction of sp³-hybridized carbons (Fsp3) is 0.583. The highest BCUT2D eigenvalue weighted by Gasteiger charge is 2.27. The summed E-state index contributed by atoms with van der Waals surface area (Å²) in [6, 6.07) is -0.197. The maximum atomic E-state index is 11.9. The normalized spacial score (nSPS) is 19.2. The van der Waals surface area contributed by atoms with E-state index in [1.54, 1.807) is 17.3 Å². The van der Waals surface area contributed by atoms with E-state index in [1.807, 2.05) is 0 Å². The molecule has 1 aromatic heterocycles. The Bertz CT molecular complexity index is 432. The monoisotopic (exact) mass is 266 g/mol. The molecular weight excluding hydrogens is 248 g/mol. The van der Waals surface area contributed by atoms with Gasteiger partial charge in [0.1, 0.15) is 5.82 Å². The molecule has 1 fully saturated rings.